The normalized spacial score (nSPS) is 12.9. The van der Waals surface area contributed by atoms with E-state index in [1.807, 2.05) is 18.5 Å². The van der Waals surface area contributed by atoms with E-state index in [0.717, 1.165) is 22.7 Å². The van der Waals surface area contributed by atoms with Gasteiger partial charge in [-0.25, -0.2) is 4.98 Å². The Morgan fingerprint density at radius 2 is 2.47 bits per heavy atom. The van der Waals surface area contributed by atoms with Gasteiger partial charge in [-0.05, 0) is 12.5 Å². The number of aromatic nitrogens is 2. The third-order valence-corrected chi connectivity index (χ3v) is 3.55. The van der Waals surface area contributed by atoms with Crippen LogP contribution in [-0.4, -0.2) is 16.5 Å². The van der Waals surface area contributed by atoms with E-state index in [2.05, 4.69) is 22.3 Å². The highest BCUT2D eigenvalue weighted by atomic mass is 32.1. The molecule has 2 aromatic rings. The molecule has 4 heteroatoms. The summed E-state index contributed by atoms with van der Waals surface area (Å²) < 4.78 is 0. The molecule has 0 aliphatic rings. The molecule has 15 heavy (non-hydrogen) atoms. The summed E-state index contributed by atoms with van der Waals surface area (Å²) in [7, 11) is 0. The standard InChI is InChI=1S/C11H15N3S/c1-2-8(5-12)11-14-10(7-15-11)9-3-4-13-6-9/h3-4,6-8,13H,2,5,12H2,1H3. The van der Waals surface area contributed by atoms with Gasteiger partial charge in [0.15, 0.2) is 0 Å². The second-order valence-corrected chi connectivity index (χ2v) is 4.40. The minimum atomic E-state index is 0.405. The number of H-pyrrole nitrogens is 1. The lowest BCUT2D eigenvalue weighted by Gasteiger charge is -2.06. The molecule has 0 aliphatic carbocycles. The van der Waals surface area contributed by atoms with Crippen LogP contribution in [0.1, 0.15) is 24.3 Å². The van der Waals surface area contributed by atoms with Gasteiger partial charge in [-0.2, -0.15) is 0 Å². The van der Waals surface area contributed by atoms with Crippen LogP contribution in [0.2, 0.25) is 0 Å². The van der Waals surface area contributed by atoms with Gasteiger partial charge in [0.05, 0.1) is 10.7 Å². The van der Waals surface area contributed by atoms with E-state index in [1.165, 1.54) is 0 Å². The van der Waals surface area contributed by atoms with E-state index in [9.17, 15) is 0 Å². The van der Waals surface area contributed by atoms with Crippen molar-refractivity contribution in [1.82, 2.24) is 9.97 Å². The SMILES string of the molecule is CCC(CN)c1nc(-c2cc[nH]c2)cs1. The molecule has 80 valence electrons. The molecule has 3 nitrogen and oxygen atoms in total. The smallest absolute Gasteiger partial charge is 0.0976 e. The third-order valence-electron chi connectivity index (χ3n) is 2.54. The molecule has 0 aliphatic heterocycles. The Hall–Kier alpha value is -1.13. The van der Waals surface area contributed by atoms with Crippen LogP contribution in [0.5, 0.6) is 0 Å². The van der Waals surface area contributed by atoms with Crippen molar-refractivity contribution < 1.29 is 0 Å². The van der Waals surface area contributed by atoms with E-state index in [4.69, 9.17) is 5.73 Å². The Morgan fingerprint density at radius 1 is 1.60 bits per heavy atom. The molecular weight excluding hydrogens is 206 g/mol. The van der Waals surface area contributed by atoms with Crippen LogP contribution in [0.3, 0.4) is 0 Å². The molecule has 0 amide bonds. The fraction of sp³-hybridized carbons (Fsp3) is 0.364. The molecule has 3 N–H and O–H groups in total. The highest BCUT2D eigenvalue weighted by Gasteiger charge is 2.12. The second-order valence-electron chi connectivity index (χ2n) is 3.51. The Labute approximate surface area is 93.4 Å². The molecule has 0 saturated carbocycles. The van der Waals surface area contributed by atoms with Gasteiger partial charge in [0.25, 0.3) is 0 Å². The number of rotatable bonds is 4. The second kappa shape index (κ2) is 4.59. The summed E-state index contributed by atoms with van der Waals surface area (Å²) in [6, 6.07) is 2.03. The van der Waals surface area contributed by atoms with Gasteiger partial charge >= 0.3 is 0 Å². The largest absolute Gasteiger partial charge is 0.367 e. The minimum absolute atomic E-state index is 0.405. The number of thiazole rings is 1. The van der Waals surface area contributed by atoms with Crippen molar-refractivity contribution in [2.24, 2.45) is 5.73 Å². The average molecular weight is 221 g/mol. The fourth-order valence-corrected chi connectivity index (χ4v) is 2.56. The van der Waals surface area contributed by atoms with Gasteiger partial charge in [0, 0.05) is 35.8 Å². The first kappa shape index (κ1) is 10.4. The Balaban J connectivity index is 2.24. The Kier molecular flexibility index (Phi) is 3.18. The van der Waals surface area contributed by atoms with Crippen molar-refractivity contribution >= 4 is 11.3 Å². The lowest BCUT2D eigenvalue weighted by molar-refractivity contribution is 0.670. The summed E-state index contributed by atoms with van der Waals surface area (Å²) in [6.45, 7) is 2.82. The maximum Gasteiger partial charge on any atom is 0.0976 e. The van der Waals surface area contributed by atoms with Gasteiger partial charge in [0.2, 0.25) is 0 Å². The Bertz CT molecular complexity index is 401. The highest BCUT2D eigenvalue weighted by Crippen LogP contribution is 2.27. The molecule has 1 unspecified atom stereocenters. The van der Waals surface area contributed by atoms with Crippen LogP contribution < -0.4 is 5.73 Å². The van der Waals surface area contributed by atoms with Gasteiger partial charge in [0.1, 0.15) is 0 Å². The van der Waals surface area contributed by atoms with Crippen LogP contribution in [0.25, 0.3) is 11.3 Å². The molecule has 2 rings (SSSR count). The predicted octanol–water partition coefficient (Wildman–Crippen LogP) is 2.59. The monoisotopic (exact) mass is 221 g/mol. The molecule has 0 radical (unpaired) electrons. The summed E-state index contributed by atoms with van der Waals surface area (Å²) >= 11 is 1.70. The highest BCUT2D eigenvalue weighted by molar-refractivity contribution is 7.10. The van der Waals surface area contributed by atoms with Gasteiger partial charge < -0.3 is 10.7 Å². The zero-order chi connectivity index (χ0) is 10.7. The first-order valence-corrected chi connectivity index (χ1v) is 6.01. The first-order chi connectivity index (χ1) is 7.35. The van der Waals surface area contributed by atoms with Crippen molar-refractivity contribution in [3.8, 4) is 11.3 Å². The number of nitrogens with two attached hydrogens (primary N) is 1. The third kappa shape index (κ3) is 2.11. The van der Waals surface area contributed by atoms with Crippen molar-refractivity contribution in [1.29, 1.82) is 0 Å². The molecule has 0 saturated heterocycles. The van der Waals surface area contributed by atoms with Crippen molar-refractivity contribution in [3.05, 3.63) is 28.8 Å². The maximum atomic E-state index is 5.70. The van der Waals surface area contributed by atoms with Gasteiger partial charge in [-0.3, -0.25) is 0 Å². The average Bonchev–Trinajstić information content (AvgIpc) is 2.89. The number of nitrogens with zero attached hydrogens (tertiary/aromatic N) is 1. The van der Waals surface area contributed by atoms with Crippen molar-refractivity contribution in [3.63, 3.8) is 0 Å². The zero-order valence-electron chi connectivity index (χ0n) is 8.73. The van der Waals surface area contributed by atoms with Crippen molar-refractivity contribution in [2.75, 3.05) is 6.54 Å². The summed E-state index contributed by atoms with van der Waals surface area (Å²) in [6.07, 6.45) is 4.92. The van der Waals surface area contributed by atoms with Crippen molar-refractivity contribution in [2.45, 2.75) is 19.3 Å². The van der Waals surface area contributed by atoms with Crippen LogP contribution in [0.4, 0.5) is 0 Å². The molecule has 0 aromatic carbocycles. The molecular formula is C11H15N3S. The molecule has 1 atom stereocenters. The summed E-state index contributed by atoms with van der Waals surface area (Å²) in [5, 5.41) is 3.24. The summed E-state index contributed by atoms with van der Waals surface area (Å²) in [5.41, 5.74) is 7.89. The lowest BCUT2D eigenvalue weighted by Crippen LogP contribution is -2.11. The van der Waals surface area contributed by atoms with E-state index < -0.39 is 0 Å². The lowest BCUT2D eigenvalue weighted by atomic mass is 10.1. The first-order valence-electron chi connectivity index (χ1n) is 5.13. The zero-order valence-corrected chi connectivity index (χ0v) is 9.55. The molecule has 0 bridgehead atoms. The molecule has 2 heterocycles. The van der Waals surface area contributed by atoms with E-state index in [-0.39, 0.29) is 0 Å². The Morgan fingerprint density at radius 3 is 3.07 bits per heavy atom. The van der Waals surface area contributed by atoms with Crippen LogP contribution in [0, 0.1) is 0 Å². The van der Waals surface area contributed by atoms with Crippen LogP contribution >= 0.6 is 11.3 Å². The molecule has 0 fully saturated rings. The van der Waals surface area contributed by atoms with E-state index in [0.29, 0.717) is 12.5 Å². The summed E-state index contributed by atoms with van der Waals surface area (Å²) in [4.78, 5) is 7.65. The number of aromatic amines is 1. The van der Waals surface area contributed by atoms with Crippen LogP contribution in [-0.2, 0) is 0 Å². The minimum Gasteiger partial charge on any atom is -0.367 e. The molecule has 2 aromatic heterocycles. The van der Waals surface area contributed by atoms with Gasteiger partial charge in [-0.15, -0.1) is 11.3 Å². The predicted molar refractivity (Wildman–Crippen MR) is 64.0 cm³/mol. The van der Waals surface area contributed by atoms with E-state index >= 15 is 0 Å². The number of hydrogen-bond acceptors (Lipinski definition) is 3. The van der Waals surface area contributed by atoms with Crippen LogP contribution in [0.15, 0.2) is 23.8 Å². The quantitative estimate of drug-likeness (QED) is 0.833. The number of nitrogens with one attached hydrogen (secondary N) is 1. The summed E-state index contributed by atoms with van der Waals surface area (Å²) in [5.74, 6) is 0.405. The molecule has 0 spiro atoms. The topological polar surface area (TPSA) is 54.7 Å². The van der Waals surface area contributed by atoms with E-state index in [1.54, 1.807) is 11.3 Å². The maximum absolute atomic E-state index is 5.70. The van der Waals surface area contributed by atoms with Gasteiger partial charge in [-0.1, -0.05) is 6.92 Å². The fourth-order valence-electron chi connectivity index (χ4n) is 1.53. The number of hydrogen-bond donors (Lipinski definition) is 2.